The number of fused-ring (bicyclic) bond motifs is 1. The number of hydrogen-bond donors (Lipinski definition) is 3. The number of aliphatic imine (C=N–C) groups is 1. The van der Waals surface area contributed by atoms with E-state index in [0.717, 1.165) is 36.6 Å². The minimum Gasteiger partial charge on any atom is -0.444 e. The first-order valence-electron chi connectivity index (χ1n) is 10.7. The Morgan fingerprint density at radius 3 is 2.74 bits per heavy atom. The van der Waals surface area contributed by atoms with E-state index in [4.69, 9.17) is 4.74 Å². The minimum absolute atomic E-state index is 0.203. The van der Waals surface area contributed by atoms with E-state index in [1.54, 1.807) is 7.05 Å². The van der Waals surface area contributed by atoms with E-state index in [0.29, 0.717) is 12.5 Å². The predicted molar refractivity (Wildman–Crippen MR) is 120 cm³/mol. The van der Waals surface area contributed by atoms with E-state index in [2.05, 4.69) is 31.0 Å². The van der Waals surface area contributed by atoms with Gasteiger partial charge in [0.25, 0.3) is 0 Å². The number of guanidine groups is 1. The largest absolute Gasteiger partial charge is 0.444 e. The van der Waals surface area contributed by atoms with Gasteiger partial charge in [0, 0.05) is 26.1 Å². The zero-order valence-electron chi connectivity index (χ0n) is 19.0. The van der Waals surface area contributed by atoms with Crippen molar-refractivity contribution < 1.29 is 9.53 Å². The summed E-state index contributed by atoms with van der Waals surface area (Å²) in [6.45, 7) is 8.66. The molecule has 1 aliphatic rings. The smallest absolute Gasteiger partial charge is 0.408 e. The summed E-state index contributed by atoms with van der Waals surface area (Å²) in [6.07, 6.45) is 1.38. The normalized spacial score (nSPS) is 17.5. The SMILES string of the molecule is CN=C(NCC(NC(=O)OC(C)(C)C)c1ccccc1)NC1CCc2nc(C)nn2C1. The summed E-state index contributed by atoms with van der Waals surface area (Å²) >= 11 is 0. The maximum absolute atomic E-state index is 12.4. The quantitative estimate of drug-likeness (QED) is 0.500. The molecular weight excluding hydrogens is 394 g/mol. The third kappa shape index (κ3) is 6.70. The first kappa shape index (κ1) is 22.6. The fraction of sp³-hybridized carbons (Fsp3) is 0.545. The molecule has 0 spiro atoms. The number of carbonyl (C=O) groups excluding carboxylic acids is 1. The molecule has 0 aliphatic carbocycles. The molecule has 2 heterocycles. The number of aromatic nitrogens is 3. The van der Waals surface area contributed by atoms with Gasteiger partial charge in [-0.25, -0.2) is 14.5 Å². The van der Waals surface area contributed by atoms with Crippen molar-refractivity contribution in [3.05, 3.63) is 47.5 Å². The summed E-state index contributed by atoms with van der Waals surface area (Å²) in [5.41, 5.74) is 0.423. The lowest BCUT2D eigenvalue weighted by Crippen LogP contribution is -2.49. The Morgan fingerprint density at radius 1 is 1.32 bits per heavy atom. The van der Waals surface area contributed by atoms with Crippen LogP contribution >= 0.6 is 0 Å². The van der Waals surface area contributed by atoms with E-state index in [1.807, 2.05) is 62.7 Å². The molecule has 3 N–H and O–H groups in total. The van der Waals surface area contributed by atoms with E-state index in [9.17, 15) is 4.79 Å². The zero-order chi connectivity index (χ0) is 22.4. The lowest BCUT2D eigenvalue weighted by atomic mass is 10.1. The van der Waals surface area contributed by atoms with Gasteiger partial charge in [0.15, 0.2) is 5.96 Å². The first-order valence-corrected chi connectivity index (χ1v) is 10.7. The second kappa shape index (κ2) is 9.80. The Labute approximate surface area is 183 Å². The third-order valence-electron chi connectivity index (χ3n) is 4.89. The van der Waals surface area contributed by atoms with E-state index in [-0.39, 0.29) is 12.1 Å². The standard InChI is InChI=1S/C22H33N7O2/c1-15-25-19-12-11-17(14-29(19)28-15)26-20(23-5)24-13-18(16-9-7-6-8-10-16)27-21(30)31-22(2,3)4/h6-10,17-18H,11-14H2,1-5H3,(H,27,30)(H2,23,24,26). The number of carbonyl (C=O) groups is 1. The molecule has 3 rings (SSSR count). The van der Waals surface area contributed by atoms with Gasteiger partial charge in [-0.1, -0.05) is 30.3 Å². The highest BCUT2D eigenvalue weighted by Crippen LogP contribution is 2.15. The molecule has 1 aromatic carbocycles. The highest BCUT2D eigenvalue weighted by atomic mass is 16.6. The van der Waals surface area contributed by atoms with Crippen molar-refractivity contribution in [1.82, 2.24) is 30.7 Å². The number of aryl methyl sites for hydroxylation is 2. The van der Waals surface area contributed by atoms with Crippen molar-refractivity contribution >= 4 is 12.1 Å². The molecule has 9 heteroatoms. The fourth-order valence-electron chi connectivity index (χ4n) is 3.53. The molecule has 0 saturated heterocycles. The number of ether oxygens (including phenoxy) is 1. The Bertz CT molecular complexity index is 902. The number of hydrogen-bond acceptors (Lipinski definition) is 5. The monoisotopic (exact) mass is 427 g/mol. The summed E-state index contributed by atoms with van der Waals surface area (Å²) in [7, 11) is 1.74. The minimum atomic E-state index is -0.560. The van der Waals surface area contributed by atoms with Crippen LogP contribution < -0.4 is 16.0 Å². The van der Waals surface area contributed by atoms with Gasteiger partial charge >= 0.3 is 6.09 Å². The van der Waals surface area contributed by atoms with Crippen LogP contribution in [-0.4, -0.2) is 52.1 Å². The van der Waals surface area contributed by atoms with Crippen molar-refractivity contribution in [3.63, 3.8) is 0 Å². The Morgan fingerprint density at radius 2 is 2.06 bits per heavy atom. The first-order chi connectivity index (χ1) is 14.7. The number of alkyl carbamates (subject to hydrolysis) is 1. The molecule has 1 aromatic heterocycles. The van der Waals surface area contributed by atoms with Crippen LogP contribution in [0.5, 0.6) is 0 Å². The van der Waals surface area contributed by atoms with Crippen molar-refractivity contribution in [2.45, 2.75) is 64.8 Å². The van der Waals surface area contributed by atoms with Gasteiger partial charge in [0.1, 0.15) is 17.2 Å². The number of rotatable bonds is 5. The van der Waals surface area contributed by atoms with E-state index < -0.39 is 11.7 Å². The zero-order valence-corrected chi connectivity index (χ0v) is 19.0. The average molecular weight is 428 g/mol. The lowest BCUT2D eigenvalue weighted by molar-refractivity contribution is 0.0504. The summed E-state index contributed by atoms with van der Waals surface area (Å²) in [6, 6.07) is 9.74. The van der Waals surface area contributed by atoms with Gasteiger partial charge in [0.2, 0.25) is 0 Å². The molecule has 9 nitrogen and oxygen atoms in total. The second-order valence-electron chi connectivity index (χ2n) is 8.70. The van der Waals surface area contributed by atoms with Crippen LogP contribution in [0, 0.1) is 6.92 Å². The van der Waals surface area contributed by atoms with Crippen LogP contribution in [0.25, 0.3) is 0 Å². The van der Waals surface area contributed by atoms with E-state index in [1.165, 1.54) is 0 Å². The molecule has 168 valence electrons. The summed E-state index contributed by atoms with van der Waals surface area (Å²) in [5.74, 6) is 2.51. The molecule has 2 unspecified atom stereocenters. The second-order valence-corrected chi connectivity index (χ2v) is 8.70. The van der Waals surface area contributed by atoms with Crippen LogP contribution in [0.15, 0.2) is 35.3 Å². The molecule has 2 aromatic rings. The summed E-state index contributed by atoms with van der Waals surface area (Å²) < 4.78 is 7.40. The van der Waals surface area contributed by atoms with Crippen molar-refractivity contribution in [1.29, 1.82) is 0 Å². The van der Waals surface area contributed by atoms with Crippen molar-refractivity contribution in [2.24, 2.45) is 4.99 Å². The average Bonchev–Trinajstić information content (AvgIpc) is 3.08. The molecule has 0 bridgehead atoms. The number of nitrogens with one attached hydrogen (secondary N) is 3. The van der Waals surface area contributed by atoms with Gasteiger partial charge in [0.05, 0.1) is 12.6 Å². The fourth-order valence-corrected chi connectivity index (χ4v) is 3.53. The molecule has 1 amide bonds. The number of amides is 1. The van der Waals surface area contributed by atoms with Crippen LogP contribution in [0.1, 0.15) is 50.4 Å². The number of nitrogens with zero attached hydrogens (tertiary/aromatic N) is 4. The highest BCUT2D eigenvalue weighted by Gasteiger charge is 2.23. The van der Waals surface area contributed by atoms with Gasteiger partial charge in [-0.2, -0.15) is 5.10 Å². The lowest BCUT2D eigenvalue weighted by Gasteiger charge is -2.27. The molecule has 31 heavy (non-hydrogen) atoms. The van der Waals surface area contributed by atoms with Gasteiger partial charge in [-0.05, 0) is 39.7 Å². The summed E-state index contributed by atoms with van der Waals surface area (Å²) in [5, 5.41) is 14.2. The van der Waals surface area contributed by atoms with Crippen molar-refractivity contribution in [3.8, 4) is 0 Å². The molecule has 0 fully saturated rings. The third-order valence-corrected chi connectivity index (χ3v) is 4.89. The van der Waals surface area contributed by atoms with Crippen LogP contribution in [0.3, 0.4) is 0 Å². The molecular formula is C22H33N7O2. The van der Waals surface area contributed by atoms with E-state index >= 15 is 0 Å². The molecule has 1 aliphatic heterocycles. The maximum atomic E-state index is 12.4. The highest BCUT2D eigenvalue weighted by molar-refractivity contribution is 5.80. The Balaban J connectivity index is 1.60. The maximum Gasteiger partial charge on any atom is 0.408 e. The van der Waals surface area contributed by atoms with Crippen LogP contribution in [0.4, 0.5) is 4.79 Å². The molecule has 0 saturated carbocycles. The van der Waals surface area contributed by atoms with Crippen molar-refractivity contribution in [2.75, 3.05) is 13.6 Å². The number of benzene rings is 1. The van der Waals surface area contributed by atoms with Gasteiger partial charge < -0.3 is 20.7 Å². The summed E-state index contributed by atoms with van der Waals surface area (Å²) in [4.78, 5) is 21.2. The van der Waals surface area contributed by atoms with Gasteiger partial charge in [-0.15, -0.1) is 0 Å². The predicted octanol–water partition coefficient (Wildman–Crippen LogP) is 2.33. The van der Waals surface area contributed by atoms with Crippen LogP contribution in [0.2, 0.25) is 0 Å². The van der Waals surface area contributed by atoms with Crippen LogP contribution in [-0.2, 0) is 17.7 Å². The van der Waals surface area contributed by atoms with Gasteiger partial charge in [-0.3, -0.25) is 4.99 Å². The molecule has 0 radical (unpaired) electrons. The molecule has 2 atom stereocenters. The Hall–Kier alpha value is -3.10. The topological polar surface area (TPSA) is 105 Å². The Kier molecular flexibility index (Phi) is 7.14.